The SMILES string of the molecule is CC.CC.c1ccc(CCOc2ccccc2)cc1. The fourth-order valence-corrected chi connectivity index (χ4v) is 1.45. The van der Waals surface area contributed by atoms with Crippen molar-refractivity contribution in [2.75, 3.05) is 6.61 Å². The molecule has 0 bridgehead atoms. The second kappa shape index (κ2) is 12.7. The third-order valence-electron chi connectivity index (χ3n) is 2.25. The molecule has 0 unspecified atom stereocenters. The predicted molar refractivity (Wildman–Crippen MR) is 84.8 cm³/mol. The molecule has 19 heavy (non-hydrogen) atoms. The van der Waals surface area contributed by atoms with Crippen LogP contribution in [0.4, 0.5) is 0 Å². The van der Waals surface area contributed by atoms with E-state index in [4.69, 9.17) is 4.74 Å². The van der Waals surface area contributed by atoms with Gasteiger partial charge < -0.3 is 4.74 Å². The summed E-state index contributed by atoms with van der Waals surface area (Å²) in [4.78, 5) is 0. The maximum atomic E-state index is 5.61. The Bertz CT molecular complexity index is 341. The average Bonchev–Trinajstić information content (AvgIpc) is 2.53. The molecule has 2 aromatic rings. The lowest BCUT2D eigenvalue weighted by Gasteiger charge is -2.05. The summed E-state index contributed by atoms with van der Waals surface area (Å²) in [6, 6.07) is 20.3. The minimum Gasteiger partial charge on any atom is -0.493 e. The van der Waals surface area contributed by atoms with Gasteiger partial charge in [-0.05, 0) is 17.7 Å². The topological polar surface area (TPSA) is 9.23 Å². The number of benzene rings is 2. The highest BCUT2D eigenvalue weighted by molar-refractivity contribution is 5.21. The molecular weight excluding hydrogens is 232 g/mol. The predicted octanol–water partition coefficient (Wildman–Crippen LogP) is 5.36. The Kier molecular flexibility index (Phi) is 11.5. The van der Waals surface area contributed by atoms with Crippen molar-refractivity contribution in [3.8, 4) is 5.75 Å². The summed E-state index contributed by atoms with van der Waals surface area (Å²) in [5, 5.41) is 0. The third-order valence-corrected chi connectivity index (χ3v) is 2.25. The number of hydrogen-bond acceptors (Lipinski definition) is 1. The summed E-state index contributed by atoms with van der Waals surface area (Å²) in [5.41, 5.74) is 1.31. The van der Waals surface area contributed by atoms with E-state index in [1.165, 1.54) is 5.56 Å². The summed E-state index contributed by atoms with van der Waals surface area (Å²) in [5.74, 6) is 0.938. The molecule has 0 N–H and O–H groups in total. The van der Waals surface area contributed by atoms with Crippen LogP contribution in [0.25, 0.3) is 0 Å². The molecule has 2 aromatic carbocycles. The zero-order valence-electron chi connectivity index (χ0n) is 12.6. The van der Waals surface area contributed by atoms with Crippen LogP contribution in [-0.2, 0) is 6.42 Å². The van der Waals surface area contributed by atoms with Gasteiger partial charge in [0.1, 0.15) is 5.75 Å². The normalized spacial score (nSPS) is 8.42. The van der Waals surface area contributed by atoms with Crippen molar-refractivity contribution in [1.29, 1.82) is 0 Å². The summed E-state index contributed by atoms with van der Waals surface area (Å²) in [7, 11) is 0. The van der Waals surface area contributed by atoms with Crippen molar-refractivity contribution in [3.63, 3.8) is 0 Å². The zero-order chi connectivity index (χ0) is 14.3. The van der Waals surface area contributed by atoms with Gasteiger partial charge in [0, 0.05) is 6.42 Å². The number of para-hydroxylation sites is 1. The van der Waals surface area contributed by atoms with Crippen molar-refractivity contribution < 1.29 is 4.74 Å². The van der Waals surface area contributed by atoms with Gasteiger partial charge in [0.15, 0.2) is 0 Å². The molecule has 104 valence electrons. The van der Waals surface area contributed by atoms with Gasteiger partial charge in [0.25, 0.3) is 0 Å². The third kappa shape index (κ3) is 8.04. The second-order valence-electron chi connectivity index (χ2n) is 3.40. The van der Waals surface area contributed by atoms with Crippen molar-refractivity contribution in [1.82, 2.24) is 0 Å². The van der Waals surface area contributed by atoms with Crippen LogP contribution in [0.1, 0.15) is 33.3 Å². The van der Waals surface area contributed by atoms with Crippen LogP contribution >= 0.6 is 0 Å². The first-order valence-corrected chi connectivity index (χ1v) is 7.17. The number of ether oxygens (including phenoxy) is 1. The summed E-state index contributed by atoms with van der Waals surface area (Å²) >= 11 is 0. The van der Waals surface area contributed by atoms with Crippen molar-refractivity contribution >= 4 is 0 Å². The van der Waals surface area contributed by atoms with Gasteiger partial charge in [-0.25, -0.2) is 0 Å². The first kappa shape index (κ1) is 17.2. The van der Waals surface area contributed by atoms with E-state index in [0.717, 1.165) is 18.8 Å². The molecule has 0 aliphatic heterocycles. The van der Waals surface area contributed by atoms with Gasteiger partial charge in [0.05, 0.1) is 6.61 Å². The van der Waals surface area contributed by atoms with E-state index < -0.39 is 0 Å². The Labute approximate surface area is 118 Å². The fourth-order valence-electron chi connectivity index (χ4n) is 1.45. The average molecular weight is 258 g/mol. The van der Waals surface area contributed by atoms with E-state index in [1.54, 1.807) is 0 Å². The van der Waals surface area contributed by atoms with Gasteiger partial charge >= 0.3 is 0 Å². The molecule has 0 heterocycles. The maximum Gasteiger partial charge on any atom is 0.119 e. The minimum absolute atomic E-state index is 0.730. The van der Waals surface area contributed by atoms with E-state index >= 15 is 0 Å². The van der Waals surface area contributed by atoms with Crippen LogP contribution in [0, 0.1) is 0 Å². The van der Waals surface area contributed by atoms with E-state index in [-0.39, 0.29) is 0 Å². The lowest BCUT2D eigenvalue weighted by Crippen LogP contribution is -2.00. The monoisotopic (exact) mass is 258 g/mol. The summed E-state index contributed by atoms with van der Waals surface area (Å²) < 4.78 is 5.61. The van der Waals surface area contributed by atoms with E-state index in [1.807, 2.05) is 64.1 Å². The molecule has 1 heteroatoms. The molecule has 0 fully saturated rings. The van der Waals surface area contributed by atoms with Gasteiger partial charge in [0.2, 0.25) is 0 Å². The Balaban J connectivity index is 0.000000741. The molecule has 0 atom stereocenters. The molecule has 0 radical (unpaired) electrons. The fraction of sp³-hybridized carbons (Fsp3) is 0.333. The van der Waals surface area contributed by atoms with Gasteiger partial charge in [-0.15, -0.1) is 0 Å². The molecule has 0 aliphatic rings. The molecule has 0 aromatic heterocycles. The zero-order valence-corrected chi connectivity index (χ0v) is 12.6. The van der Waals surface area contributed by atoms with Crippen LogP contribution in [0.5, 0.6) is 5.75 Å². The molecule has 2 rings (SSSR count). The molecule has 1 nitrogen and oxygen atoms in total. The second-order valence-corrected chi connectivity index (χ2v) is 3.40. The molecular formula is C18H26O. The highest BCUT2D eigenvalue weighted by atomic mass is 16.5. The summed E-state index contributed by atoms with van der Waals surface area (Å²) in [6.45, 7) is 8.73. The van der Waals surface area contributed by atoms with Crippen LogP contribution in [0.2, 0.25) is 0 Å². The van der Waals surface area contributed by atoms with E-state index in [0.29, 0.717) is 0 Å². The molecule has 0 saturated heterocycles. The molecule has 0 amide bonds. The van der Waals surface area contributed by atoms with Crippen molar-refractivity contribution in [3.05, 3.63) is 66.2 Å². The number of rotatable bonds is 4. The maximum absolute atomic E-state index is 5.61. The van der Waals surface area contributed by atoms with Crippen molar-refractivity contribution in [2.45, 2.75) is 34.1 Å². The van der Waals surface area contributed by atoms with Gasteiger partial charge in [-0.1, -0.05) is 76.2 Å². The quantitative estimate of drug-likeness (QED) is 0.717. The van der Waals surface area contributed by atoms with Gasteiger partial charge in [-0.2, -0.15) is 0 Å². The highest BCUT2D eigenvalue weighted by Gasteiger charge is 1.93. The van der Waals surface area contributed by atoms with E-state index in [2.05, 4.69) is 24.3 Å². The Morgan fingerprint density at radius 1 is 0.684 bits per heavy atom. The standard InChI is InChI=1S/C14H14O.2C2H6/c1-3-7-13(8-4-1)11-12-15-14-9-5-2-6-10-14;2*1-2/h1-10H,11-12H2;2*1-2H3. The van der Waals surface area contributed by atoms with E-state index in [9.17, 15) is 0 Å². The van der Waals surface area contributed by atoms with Crippen LogP contribution in [-0.4, -0.2) is 6.61 Å². The molecule has 0 saturated carbocycles. The first-order valence-electron chi connectivity index (χ1n) is 7.17. The minimum atomic E-state index is 0.730. The lowest BCUT2D eigenvalue weighted by atomic mass is 10.2. The Morgan fingerprint density at radius 3 is 1.68 bits per heavy atom. The highest BCUT2D eigenvalue weighted by Crippen LogP contribution is 2.09. The van der Waals surface area contributed by atoms with Crippen LogP contribution in [0.15, 0.2) is 60.7 Å². The number of hydrogen-bond donors (Lipinski definition) is 0. The lowest BCUT2D eigenvalue weighted by molar-refractivity contribution is 0.322. The van der Waals surface area contributed by atoms with Gasteiger partial charge in [-0.3, -0.25) is 0 Å². The molecule has 0 spiro atoms. The Hall–Kier alpha value is -1.76. The smallest absolute Gasteiger partial charge is 0.119 e. The van der Waals surface area contributed by atoms with Crippen molar-refractivity contribution in [2.24, 2.45) is 0 Å². The first-order chi connectivity index (χ1) is 9.45. The van der Waals surface area contributed by atoms with Crippen LogP contribution < -0.4 is 4.74 Å². The summed E-state index contributed by atoms with van der Waals surface area (Å²) in [6.07, 6.45) is 0.954. The largest absolute Gasteiger partial charge is 0.493 e. The molecule has 0 aliphatic carbocycles. The Morgan fingerprint density at radius 2 is 1.16 bits per heavy atom. The van der Waals surface area contributed by atoms with Crippen LogP contribution in [0.3, 0.4) is 0 Å².